The van der Waals surface area contributed by atoms with Crippen molar-refractivity contribution in [2.24, 2.45) is 0 Å². The van der Waals surface area contributed by atoms with E-state index in [1.165, 1.54) is 16.8 Å². The Bertz CT molecular complexity index is 294. The molecule has 12 heavy (non-hydrogen) atoms. The van der Waals surface area contributed by atoms with E-state index < -0.39 is 0 Å². The number of hydrogen-bond acceptors (Lipinski definition) is 2. The van der Waals surface area contributed by atoms with Crippen LogP contribution in [0, 0.1) is 6.92 Å². The molecule has 1 aliphatic heterocycles. The van der Waals surface area contributed by atoms with Gasteiger partial charge in [0.15, 0.2) is 0 Å². The van der Waals surface area contributed by atoms with Crippen molar-refractivity contribution in [1.82, 2.24) is 9.88 Å². The normalized spacial score (nSPS) is 17.5. The van der Waals surface area contributed by atoms with Crippen LogP contribution >= 0.6 is 0 Å². The second-order valence-electron chi connectivity index (χ2n) is 3.54. The minimum Gasteiger partial charge on any atom is -0.302 e. The number of rotatable bonds is 0. The summed E-state index contributed by atoms with van der Waals surface area (Å²) in [7, 11) is 2.16. The maximum absolute atomic E-state index is 4.39. The number of aromatic nitrogens is 1. The molecule has 2 heterocycles. The van der Waals surface area contributed by atoms with E-state index in [4.69, 9.17) is 0 Å². The molecule has 1 aromatic rings. The number of pyridine rings is 1. The predicted molar refractivity (Wildman–Crippen MR) is 49.0 cm³/mol. The van der Waals surface area contributed by atoms with E-state index in [0.717, 1.165) is 19.5 Å². The monoisotopic (exact) mass is 162 g/mol. The fraction of sp³-hybridized carbons (Fsp3) is 0.500. The Balaban J connectivity index is 2.43. The number of nitrogens with zero attached hydrogens (tertiary/aromatic N) is 2. The van der Waals surface area contributed by atoms with E-state index in [0.29, 0.717) is 0 Å². The summed E-state index contributed by atoms with van der Waals surface area (Å²) in [6, 6.07) is 2.10. The summed E-state index contributed by atoms with van der Waals surface area (Å²) in [6.45, 7) is 4.37. The zero-order valence-electron chi connectivity index (χ0n) is 7.67. The van der Waals surface area contributed by atoms with Gasteiger partial charge in [-0.3, -0.25) is 4.98 Å². The van der Waals surface area contributed by atoms with Gasteiger partial charge in [-0.05, 0) is 31.2 Å². The number of likely N-dealkylation sites (N-methyl/N-ethyl adjacent to an activating group) is 1. The van der Waals surface area contributed by atoms with Gasteiger partial charge in [0, 0.05) is 31.4 Å². The van der Waals surface area contributed by atoms with E-state index in [9.17, 15) is 0 Å². The molecule has 0 aliphatic carbocycles. The molecule has 1 aromatic heterocycles. The van der Waals surface area contributed by atoms with Crippen LogP contribution in [0.15, 0.2) is 12.3 Å². The molecule has 0 spiro atoms. The topological polar surface area (TPSA) is 16.1 Å². The highest BCUT2D eigenvalue weighted by Gasteiger charge is 2.14. The first kappa shape index (κ1) is 7.74. The van der Waals surface area contributed by atoms with Crippen molar-refractivity contribution in [2.75, 3.05) is 13.6 Å². The first-order chi connectivity index (χ1) is 5.77. The molecule has 0 saturated heterocycles. The van der Waals surface area contributed by atoms with E-state index >= 15 is 0 Å². The summed E-state index contributed by atoms with van der Waals surface area (Å²) >= 11 is 0. The summed E-state index contributed by atoms with van der Waals surface area (Å²) in [4.78, 5) is 6.73. The van der Waals surface area contributed by atoms with Gasteiger partial charge >= 0.3 is 0 Å². The zero-order valence-corrected chi connectivity index (χ0v) is 7.67. The van der Waals surface area contributed by atoms with Gasteiger partial charge in [0.05, 0.1) is 0 Å². The van der Waals surface area contributed by atoms with Crippen LogP contribution < -0.4 is 0 Å². The highest BCUT2D eigenvalue weighted by atomic mass is 15.1. The van der Waals surface area contributed by atoms with Crippen molar-refractivity contribution in [3.05, 3.63) is 29.1 Å². The highest BCUT2D eigenvalue weighted by molar-refractivity contribution is 5.30. The molecule has 2 heteroatoms. The average Bonchev–Trinajstić information content (AvgIpc) is 2.07. The van der Waals surface area contributed by atoms with Gasteiger partial charge in [0.2, 0.25) is 0 Å². The van der Waals surface area contributed by atoms with Crippen molar-refractivity contribution in [3.63, 3.8) is 0 Å². The summed E-state index contributed by atoms with van der Waals surface area (Å²) < 4.78 is 0. The van der Waals surface area contributed by atoms with Gasteiger partial charge in [-0.2, -0.15) is 0 Å². The quantitative estimate of drug-likeness (QED) is 0.573. The smallest absolute Gasteiger partial charge is 0.0463 e. The Morgan fingerprint density at radius 1 is 1.50 bits per heavy atom. The molecular weight excluding hydrogens is 148 g/mol. The van der Waals surface area contributed by atoms with Gasteiger partial charge < -0.3 is 4.90 Å². The third-order valence-corrected chi connectivity index (χ3v) is 2.54. The number of aryl methyl sites for hydroxylation is 1. The molecule has 0 fully saturated rings. The maximum Gasteiger partial charge on any atom is 0.0463 e. The molecule has 0 unspecified atom stereocenters. The summed E-state index contributed by atoms with van der Waals surface area (Å²) in [6.07, 6.45) is 3.02. The Morgan fingerprint density at radius 3 is 3.17 bits per heavy atom. The molecule has 2 rings (SSSR count). The van der Waals surface area contributed by atoms with Crippen LogP contribution in [0.5, 0.6) is 0 Å². The van der Waals surface area contributed by atoms with Crippen molar-refractivity contribution in [1.29, 1.82) is 0 Å². The highest BCUT2D eigenvalue weighted by Crippen LogP contribution is 2.18. The number of hydrogen-bond donors (Lipinski definition) is 0. The predicted octanol–water partition coefficient (Wildman–Crippen LogP) is 1.38. The van der Waals surface area contributed by atoms with Gasteiger partial charge in [-0.15, -0.1) is 0 Å². The fourth-order valence-corrected chi connectivity index (χ4v) is 1.72. The van der Waals surface area contributed by atoms with Crippen molar-refractivity contribution in [3.8, 4) is 0 Å². The molecule has 1 aliphatic rings. The summed E-state index contributed by atoms with van der Waals surface area (Å²) in [5.41, 5.74) is 4.12. The van der Waals surface area contributed by atoms with Crippen molar-refractivity contribution < 1.29 is 0 Å². The molecule has 2 nitrogen and oxygen atoms in total. The lowest BCUT2D eigenvalue weighted by Gasteiger charge is -2.25. The maximum atomic E-state index is 4.39. The molecule has 64 valence electrons. The Morgan fingerprint density at radius 2 is 2.33 bits per heavy atom. The van der Waals surface area contributed by atoms with Gasteiger partial charge in [-0.1, -0.05) is 0 Å². The molecular formula is C10H14N2. The van der Waals surface area contributed by atoms with E-state index in [1.54, 1.807) is 0 Å². The van der Waals surface area contributed by atoms with Crippen LogP contribution in [0.4, 0.5) is 0 Å². The molecule has 0 aromatic carbocycles. The largest absolute Gasteiger partial charge is 0.302 e. The van der Waals surface area contributed by atoms with E-state index in [1.807, 2.05) is 6.20 Å². The van der Waals surface area contributed by atoms with Gasteiger partial charge in [0.1, 0.15) is 0 Å². The van der Waals surface area contributed by atoms with E-state index in [-0.39, 0.29) is 0 Å². The van der Waals surface area contributed by atoms with Crippen LogP contribution in [-0.4, -0.2) is 23.5 Å². The third-order valence-electron chi connectivity index (χ3n) is 2.54. The lowest BCUT2D eigenvalue weighted by atomic mass is 10.0. The Labute approximate surface area is 73.2 Å². The van der Waals surface area contributed by atoms with Crippen LogP contribution in [0.3, 0.4) is 0 Å². The van der Waals surface area contributed by atoms with Crippen molar-refractivity contribution >= 4 is 0 Å². The number of fused-ring (bicyclic) bond motifs is 1. The molecule has 0 atom stereocenters. The molecule has 0 amide bonds. The lowest BCUT2D eigenvalue weighted by molar-refractivity contribution is 0.309. The molecule has 0 bridgehead atoms. The zero-order chi connectivity index (χ0) is 8.55. The second kappa shape index (κ2) is 2.87. The first-order valence-corrected chi connectivity index (χ1v) is 4.39. The van der Waals surface area contributed by atoms with Crippen LogP contribution in [0.25, 0.3) is 0 Å². The molecule has 0 saturated carbocycles. The van der Waals surface area contributed by atoms with Crippen LogP contribution in [0.1, 0.15) is 16.8 Å². The minimum atomic E-state index is 1.06. The third kappa shape index (κ3) is 1.23. The van der Waals surface area contributed by atoms with Gasteiger partial charge in [-0.25, -0.2) is 0 Å². The van der Waals surface area contributed by atoms with Crippen LogP contribution in [0.2, 0.25) is 0 Å². The van der Waals surface area contributed by atoms with Crippen LogP contribution in [-0.2, 0) is 13.0 Å². The first-order valence-electron chi connectivity index (χ1n) is 4.39. The Kier molecular flexibility index (Phi) is 1.85. The van der Waals surface area contributed by atoms with E-state index in [2.05, 4.69) is 29.9 Å². The lowest BCUT2D eigenvalue weighted by Crippen LogP contribution is -2.27. The standard InChI is InChI=1S/C10H14N2/c1-8-3-5-11-10-4-6-12(2)7-9(8)10/h3,5H,4,6-7H2,1-2H3. The van der Waals surface area contributed by atoms with Gasteiger partial charge in [0.25, 0.3) is 0 Å². The summed E-state index contributed by atoms with van der Waals surface area (Å²) in [5, 5.41) is 0. The average molecular weight is 162 g/mol. The SMILES string of the molecule is Cc1ccnc2c1CN(C)CC2. The molecule has 0 radical (unpaired) electrons. The Hall–Kier alpha value is -0.890. The molecule has 0 N–H and O–H groups in total. The minimum absolute atomic E-state index is 1.06. The second-order valence-corrected chi connectivity index (χ2v) is 3.54. The summed E-state index contributed by atoms with van der Waals surface area (Å²) in [5.74, 6) is 0. The fourth-order valence-electron chi connectivity index (χ4n) is 1.72. The van der Waals surface area contributed by atoms with Crippen molar-refractivity contribution in [2.45, 2.75) is 19.9 Å².